The van der Waals surface area contributed by atoms with E-state index in [1.807, 2.05) is 30.3 Å². The van der Waals surface area contributed by atoms with E-state index in [-0.39, 0.29) is 11.9 Å². The van der Waals surface area contributed by atoms with Gasteiger partial charge in [0.05, 0.1) is 12.0 Å². The summed E-state index contributed by atoms with van der Waals surface area (Å²) < 4.78 is 38.1. The van der Waals surface area contributed by atoms with E-state index in [1.54, 1.807) is 0 Å². The molecule has 1 aliphatic rings. The number of hydrogen-bond acceptors (Lipinski definition) is 2. The third kappa shape index (κ3) is 4.56. The molecule has 1 saturated heterocycles. The van der Waals surface area contributed by atoms with Crippen molar-refractivity contribution in [3.63, 3.8) is 0 Å². The van der Waals surface area contributed by atoms with Gasteiger partial charge in [-0.3, -0.25) is 4.79 Å². The van der Waals surface area contributed by atoms with Crippen molar-refractivity contribution in [2.45, 2.75) is 31.5 Å². The Balaban J connectivity index is 1.57. The summed E-state index contributed by atoms with van der Waals surface area (Å²) in [5.41, 5.74) is 1.07. The first kappa shape index (κ1) is 18.3. The zero-order chi connectivity index (χ0) is 18.6. The lowest BCUT2D eigenvalue weighted by atomic mass is 10.1. The fourth-order valence-corrected chi connectivity index (χ4v) is 3.31. The van der Waals surface area contributed by atoms with E-state index in [0.29, 0.717) is 13.0 Å². The minimum atomic E-state index is -4.33. The molecule has 3 rings (SSSR count). The third-order valence-electron chi connectivity index (χ3n) is 4.65. The molecule has 0 spiro atoms. The summed E-state index contributed by atoms with van der Waals surface area (Å²) in [6, 6.07) is 14.8. The number of carbonyl (C=O) groups is 1. The van der Waals surface area contributed by atoms with Crippen LogP contribution in [0.5, 0.6) is 0 Å². The molecule has 0 bridgehead atoms. The summed E-state index contributed by atoms with van der Waals surface area (Å²) in [6.07, 6.45) is -2.13. The normalized spacial score (nSPS) is 17.3. The molecule has 1 N–H and O–H groups in total. The number of alkyl halides is 3. The van der Waals surface area contributed by atoms with E-state index in [4.69, 9.17) is 0 Å². The van der Waals surface area contributed by atoms with E-state index in [2.05, 4.69) is 10.2 Å². The molecule has 0 radical (unpaired) electrons. The van der Waals surface area contributed by atoms with E-state index < -0.39 is 11.7 Å². The minimum absolute atomic E-state index is 0.0459. The molecule has 0 saturated carbocycles. The van der Waals surface area contributed by atoms with Crippen molar-refractivity contribution in [1.82, 2.24) is 5.32 Å². The van der Waals surface area contributed by atoms with Gasteiger partial charge in [0.2, 0.25) is 5.91 Å². The number of benzene rings is 2. The summed E-state index contributed by atoms with van der Waals surface area (Å²) >= 11 is 0. The van der Waals surface area contributed by atoms with Gasteiger partial charge in [-0.25, -0.2) is 0 Å². The number of nitrogens with one attached hydrogen (secondary N) is 1. The summed E-state index contributed by atoms with van der Waals surface area (Å²) in [5.74, 6) is -0.0459. The van der Waals surface area contributed by atoms with Crippen molar-refractivity contribution in [1.29, 1.82) is 0 Å². The van der Waals surface area contributed by atoms with Crippen LogP contribution in [0.1, 0.15) is 24.0 Å². The van der Waals surface area contributed by atoms with Gasteiger partial charge in [0.15, 0.2) is 0 Å². The quantitative estimate of drug-likeness (QED) is 0.871. The van der Waals surface area contributed by atoms with Gasteiger partial charge in [-0.2, -0.15) is 13.2 Å². The predicted octanol–water partition coefficient (Wildman–Crippen LogP) is 4.03. The SMILES string of the molecule is O=C(Cc1ccccc1)NC[C@@H]1CCCN1c1ccc(C(F)(F)F)cc1. The third-order valence-corrected chi connectivity index (χ3v) is 4.65. The molecule has 3 nitrogen and oxygen atoms in total. The van der Waals surface area contributed by atoms with Crippen molar-refractivity contribution in [2.75, 3.05) is 18.0 Å². The zero-order valence-electron chi connectivity index (χ0n) is 14.3. The Labute approximate surface area is 150 Å². The van der Waals surface area contributed by atoms with Crippen molar-refractivity contribution in [3.8, 4) is 0 Å². The highest BCUT2D eigenvalue weighted by molar-refractivity contribution is 5.78. The molecule has 26 heavy (non-hydrogen) atoms. The average molecular weight is 362 g/mol. The lowest BCUT2D eigenvalue weighted by Crippen LogP contribution is -2.40. The smallest absolute Gasteiger partial charge is 0.367 e. The Kier molecular flexibility index (Phi) is 5.49. The van der Waals surface area contributed by atoms with Crippen molar-refractivity contribution in [3.05, 3.63) is 65.7 Å². The number of amides is 1. The number of hydrogen-bond donors (Lipinski definition) is 1. The summed E-state index contributed by atoms with van der Waals surface area (Å²) in [4.78, 5) is 14.2. The molecule has 0 aromatic heterocycles. The Hall–Kier alpha value is -2.50. The summed E-state index contributed by atoms with van der Waals surface area (Å²) in [5, 5.41) is 2.95. The van der Waals surface area contributed by atoms with Gasteiger partial charge in [0.1, 0.15) is 0 Å². The van der Waals surface area contributed by atoms with Crippen LogP contribution >= 0.6 is 0 Å². The molecule has 138 valence electrons. The van der Waals surface area contributed by atoms with Crippen LogP contribution in [0, 0.1) is 0 Å². The Morgan fingerprint density at radius 2 is 1.77 bits per heavy atom. The standard InChI is InChI=1S/C20H21F3N2O/c21-20(22,23)16-8-10-17(11-9-16)25-12-4-7-18(25)14-24-19(26)13-15-5-2-1-3-6-15/h1-3,5-6,8-11,18H,4,7,12-14H2,(H,24,26)/t18-/m0/s1. The lowest BCUT2D eigenvalue weighted by Gasteiger charge is -2.27. The molecular weight excluding hydrogens is 341 g/mol. The average Bonchev–Trinajstić information content (AvgIpc) is 3.09. The van der Waals surface area contributed by atoms with Gasteiger partial charge in [0.25, 0.3) is 0 Å². The van der Waals surface area contributed by atoms with Gasteiger partial charge in [-0.15, -0.1) is 0 Å². The van der Waals surface area contributed by atoms with E-state index in [0.717, 1.165) is 42.8 Å². The second-order valence-electron chi connectivity index (χ2n) is 6.50. The molecule has 2 aromatic carbocycles. The number of nitrogens with zero attached hydrogens (tertiary/aromatic N) is 1. The predicted molar refractivity (Wildman–Crippen MR) is 95.0 cm³/mol. The van der Waals surface area contributed by atoms with Crippen LogP contribution in [0.4, 0.5) is 18.9 Å². The maximum absolute atomic E-state index is 12.7. The first-order valence-electron chi connectivity index (χ1n) is 8.68. The molecule has 1 atom stereocenters. The minimum Gasteiger partial charge on any atom is -0.367 e. The fourth-order valence-electron chi connectivity index (χ4n) is 3.31. The number of rotatable bonds is 5. The summed E-state index contributed by atoms with van der Waals surface area (Å²) in [7, 11) is 0. The first-order chi connectivity index (χ1) is 12.4. The van der Waals surface area contributed by atoms with Gasteiger partial charge in [-0.05, 0) is 42.7 Å². The van der Waals surface area contributed by atoms with Crippen molar-refractivity contribution < 1.29 is 18.0 Å². The molecule has 2 aromatic rings. The molecule has 1 fully saturated rings. The van der Waals surface area contributed by atoms with E-state index >= 15 is 0 Å². The van der Waals surface area contributed by atoms with Gasteiger partial charge in [-0.1, -0.05) is 30.3 Å². The second kappa shape index (κ2) is 7.81. The Bertz CT molecular complexity index is 729. The molecule has 6 heteroatoms. The Morgan fingerprint density at radius 1 is 1.08 bits per heavy atom. The largest absolute Gasteiger partial charge is 0.416 e. The van der Waals surface area contributed by atoms with Crippen LogP contribution in [-0.4, -0.2) is 25.0 Å². The topological polar surface area (TPSA) is 32.3 Å². The van der Waals surface area contributed by atoms with Crippen molar-refractivity contribution in [2.24, 2.45) is 0 Å². The molecule has 1 aliphatic heterocycles. The maximum atomic E-state index is 12.7. The zero-order valence-corrected chi connectivity index (χ0v) is 14.3. The van der Waals surface area contributed by atoms with Crippen LogP contribution in [-0.2, 0) is 17.4 Å². The number of carbonyl (C=O) groups excluding carboxylic acids is 1. The molecule has 0 aliphatic carbocycles. The van der Waals surface area contributed by atoms with E-state index in [9.17, 15) is 18.0 Å². The highest BCUT2D eigenvalue weighted by Gasteiger charge is 2.31. The van der Waals surface area contributed by atoms with Crippen LogP contribution in [0.15, 0.2) is 54.6 Å². The molecule has 1 amide bonds. The van der Waals surface area contributed by atoms with Crippen LogP contribution in [0.2, 0.25) is 0 Å². The molecule has 0 unspecified atom stereocenters. The monoisotopic (exact) mass is 362 g/mol. The Morgan fingerprint density at radius 3 is 2.42 bits per heavy atom. The van der Waals surface area contributed by atoms with Gasteiger partial charge < -0.3 is 10.2 Å². The summed E-state index contributed by atoms with van der Waals surface area (Å²) in [6.45, 7) is 1.28. The molecule has 1 heterocycles. The van der Waals surface area contributed by atoms with Crippen LogP contribution in [0.3, 0.4) is 0 Å². The fraction of sp³-hybridized carbons (Fsp3) is 0.350. The molecular formula is C20H21F3N2O. The van der Waals surface area contributed by atoms with E-state index in [1.165, 1.54) is 12.1 Å². The highest BCUT2D eigenvalue weighted by Crippen LogP contribution is 2.32. The van der Waals surface area contributed by atoms with Gasteiger partial charge in [0, 0.05) is 24.8 Å². The number of halogens is 3. The lowest BCUT2D eigenvalue weighted by molar-refractivity contribution is -0.137. The first-order valence-corrected chi connectivity index (χ1v) is 8.68. The van der Waals surface area contributed by atoms with Crippen LogP contribution < -0.4 is 10.2 Å². The van der Waals surface area contributed by atoms with Crippen molar-refractivity contribution >= 4 is 11.6 Å². The van der Waals surface area contributed by atoms with Crippen LogP contribution in [0.25, 0.3) is 0 Å². The highest BCUT2D eigenvalue weighted by atomic mass is 19.4. The second-order valence-corrected chi connectivity index (χ2v) is 6.50. The van der Waals surface area contributed by atoms with Gasteiger partial charge >= 0.3 is 6.18 Å². The maximum Gasteiger partial charge on any atom is 0.416 e. The number of anilines is 1.